The molecular weight excluding hydrogens is 552 g/mol. The molecule has 15 heteroatoms. The van der Waals surface area contributed by atoms with Crippen molar-refractivity contribution < 1.29 is 71.3 Å². The Labute approximate surface area is 235 Å². The van der Waals surface area contributed by atoms with E-state index in [0.29, 0.717) is 0 Å². The minimum absolute atomic E-state index is 0.102. The quantitative estimate of drug-likeness (QED) is 0.194. The summed E-state index contributed by atoms with van der Waals surface area (Å²) in [7, 11) is 1.21. The molecule has 0 aromatic rings. The lowest BCUT2D eigenvalue weighted by atomic mass is 9.83. The van der Waals surface area contributed by atoms with Crippen molar-refractivity contribution >= 4 is 29.8 Å². The Morgan fingerprint density at radius 3 is 2.00 bits per heavy atom. The number of carbonyl (C=O) groups is 5. The number of hydrogen-bond donors (Lipinski definition) is 0. The smallest absolute Gasteiger partial charge is 0.337 e. The molecule has 0 N–H and O–H groups in total. The molecule has 3 heterocycles. The van der Waals surface area contributed by atoms with Gasteiger partial charge in [-0.3, -0.25) is 19.2 Å². The van der Waals surface area contributed by atoms with Crippen LogP contribution >= 0.6 is 0 Å². The molecule has 0 aromatic carbocycles. The Kier molecular flexibility index (Phi) is 11.2. The minimum atomic E-state index is -1.53. The molecule has 3 aliphatic rings. The zero-order valence-corrected chi connectivity index (χ0v) is 23.3. The summed E-state index contributed by atoms with van der Waals surface area (Å²) < 4.78 is 55.4. The zero-order chi connectivity index (χ0) is 30.3. The second-order valence-corrected chi connectivity index (χ2v) is 9.22. The summed E-state index contributed by atoms with van der Waals surface area (Å²) in [5.74, 6) is -5.31. The van der Waals surface area contributed by atoms with Crippen molar-refractivity contribution in [1.82, 2.24) is 0 Å². The zero-order valence-electron chi connectivity index (χ0n) is 23.3. The first-order chi connectivity index (χ1) is 19.5. The SMILES string of the molecule is C=C[C@H]1[C@H](O[C@H]2O[C@@H](COC(C)=O)[C@H](OC(C)=O)[C@@H](OC(C)=O)[C@@H]2OC(C)=O)OC=C(C(=O)OC)[C@H]1C1OCCO1. The van der Waals surface area contributed by atoms with E-state index in [2.05, 4.69) is 6.58 Å². The van der Waals surface area contributed by atoms with Crippen molar-refractivity contribution in [2.45, 2.75) is 71.0 Å². The summed E-state index contributed by atoms with van der Waals surface area (Å²) in [4.78, 5) is 60.2. The summed E-state index contributed by atoms with van der Waals surface area (Å²) in [6.45, 7) is 8.44. The first-order valence-electron chi connectivity index (χ1n) is 12.7. The average molecular weight is 587 g/mol. The molecule has 0 aromatic heterocycles. The number of methoxy groups -OCH3 is 1. The number of carbonyl (C=O) groups excluding carboxylic acids is 5. The fourth-order valence-electron chi connectivity index (χ4n) is 4.71. The summed E-state index contributed by atoms with van der Waals surface area (Å²) >= 11 is 0. The van der Waals surface area contributed by atoms with E-state index < -0.39 is 91.6 Å². The van der Waals surface area contributed by atoms with Crippen molar-refractivity contribution in [3.05, 3.63) is 24.5 Å². The standard InChI is InChI=1S/C26H34O15/c1-7-16-19(25-33-8-9-34-25)17(23(31)32-6)10-36-24(16)41-26-22(39-15(5)30)21(38-14(4)29)20(37-13(3)28)18(40-26)11-35-12(2)27/h7,10,16,18-22,24-26H,1,8-9,11H2,2-6H3/t16-,18+,19+,20+,21-,22+,24+,26-/m1/s1. The van der Waals surface area contributed by atoms with Gasteiger partial charge in [-0.1, -0.05) is 6.08 Å². The Morgan fingerprint density at radius 2 is 1.46 bits per heavy atom. The molecule has 0 spiro atoms. The number of hydrogen-bond acceptors (Lipinski definition) is 15. The lowest BCUT2D eigenvalue weighted by Crippen LogP contribution is -2.63. The molecule has 0 bridgehead atoms. The highest BCUT2D eigenvalue weighted by atomic mass is 16.8. The first kappa shape index (κ1) is 32.0. The van der Waals surface area contributed by atoms with Gasteiger partial charge in [0, 0.05) is 27.7 Å². The molecule has 2 fully saturated rings. The van der Waals surface area contributed by atoms with Crippen LogP contribution < -0.4 is 0 Å². The van der Waals surface area contributed by atoms with Gasteiger partial charge in [-0.05, 0) is 0 Å². The molecule has 0 saturated carbocycles. The Hall–Kier alpha value is -3.53. The topological polar surface area (TPSA) is 178 Å². The van der Waals surface area contributed by atoms with Crippen molar-refractivity contribution in [3.8, 4) is 0 Å². The first-order valence-corrected chi connectivity index (χ1v) is 12.7. The van der Waals surface area contributed by atoms with Crippen molar-refractivity contribution in [1.29, 1.82) is 0 Å². The molecule has 2 saturated heterocycles. The molecule has 0 aliphatic carbocycles. The Morgan fingerprint density at radius 1 is 0.878 bits per heavy atom. The maximum atomic E-state index is 12.5. The van der Waals surface area contributed by atoms with Crippen LogP contribution in [0.25, 0.3) is 0 Å². The van der Waals surface area contributed by atoms with Gasteiger partial charge in [0.05, 0.1) is 44.0 Å². The highest BCUT2D eigenvalue weighted by Crippen LogP contribution is 2.40. The highest BCUT2D eigenvalue weighted by Gasteiger charge is 2.55. The van der Waals surface area contributed by atoms with Crippen molar-refractivity contribution in [3.63, 3.8) is 0 Å². The van der Waals surface area contributed by atoms with Gasteiger partial charge in [-0.2, -0.15) is 0 Å². The number of rotatable bonds is 10. The third-order valence-corrected chi connectivity index (χ3v) is 6.27. The van der Waals surface area contributed by atoms with Gasteiger partial charge in [0.25, 0.3) is 0 Å². The molecule has 0 unspecified atom stereocenters. The van der Waals surface area contributed by atoms with E-state index in [1.54, 1.807) is 0 Å². The van der Waals surface area contributed by atoms with E-state index in [1.807, 2.05) is 0 Å². The maximum absolute atomic E-state index is 12.5. The van der Waals surface area contributed by atoms with Crippen LogP contribution in [0.5, 0.6) is 0 Å². The third-order valence-electron chi connectivity index (χ3n) is 6.27. The largest absolute Gasteiger partial charge is 0.471 e. The monoisotopic (exact) mass is 586 g/mol. The summed E-state index contributed by atoms with van der Waals surface area (Å²) in [6.07, 6.45) is -6.54. The molecule has 8 atom stereocenters. The fraction of sp³-hybridized carbons (Fsp3) is 0.654. The van der Waals surface area contributed by atoms with E-state index in [0.717, 1.165) is 34.0 Å². The van der Waals surface area contributed by atoms with E-state index >= 15 is 0 Å². The second kappa shape index (κ2) is 14.4. The normalized spacial score (nSPS) is 31.6. The van der Waals surface area contributed by atoms with E-state index in [9.17, 15) is 24.0 Å². The Bertz CT molecular complexity index is 1030. The fourth-order valence-corrected chi connectivity index (χ4v) is 4.71. The summed E-state index contributed by atoms with van der Waals surface area (Å²) in [5, 5.41) is 0. The second-order valence-electron chi connectivity index (χ2n) is 9.22. The van der Waals surface area contributed by atoms with Crippen LogP contribution in [0, 0.1) is 11.8 Å². The van der Waals surface area contributed by atoms with Crippen LogP contribution in [-0.4, -0.2) is 100 Å². The molecule has 0 amide bonds. The molecule has 3 aliphatic heterocycles. The lowest BCUT2D eigenvalue weighted by molar-refractivity contribution is -0.343. The van der Waals surface area contributed by atoms with Crippen molar-refractivity contribution in [2.24, 2.45) is 11.8 Å². The summed E-state index contributed by atoms with van der Waals surface area (Å²) in [5.41, 5.74) is 0.102. The maximum Gasteiger partial charge on any atom is 0.337 e. The van der Waals surface area contributed by atoms with E-state index in [1.165, 1.54) is 13.2 Å². The Balaban J connectivity index is 2.00. The molecule has 0 radical (unpaired) electrons. The van der Waals surface area contributed by atoms with Crippen LogP contribution in [0.15, 0.2) is 24.5 Å². The van der Waals surface area contributed by atoms with Gasteiger partial charge < -0.3 is 47.4 Å². The predicted octanol–water partition coefficient (Wildman–Crippen LogP) is 0.291. The minimum Gasteiger partial charge on any atom is -0.471 e. The molecule has 3 rings (SSSR count). The molecule has 15 nitrogen and oxygen atoms in total. The summed E-state index contributed by atoms with van der Waals surface area (Å²) in [6, 6.07) is 0. The van der Waals surface area contributed by atoms with Crippen LogP contribution in [0.3, 0.4) is 0 Å². The van der Waals surface area contributed by atoms with E-state index in [4.69, 9.17) is 47.4 Å². The van der Waals surface area contributed by atoms with Gasteiger partial charge in [0.2, 0.25) is 12.6 Å². The number of esters is 5. The molecule has 41 heavy (non-hydrogen) atoms. The van der Waals surface area contributed by atoms with Gasteiger partial charge in [-0.25, -0.2) is 4.79 Å². The highest BCUT2D eigenvalue weighted by molar-refractivity contribution is 5.89. The third kappa shape index (κ3) is 8.03. The van der Waals surface area contributed by atoms with Crippen LogP contribution in [0.4, 0.5) is 0 Å². The predicted molar refractivity (Wildman–Crippen MR) is 131 cm³/mol. The molecular formula is C26H34O15. The van der Waals surface area contributed by atoms with Crippen LogP contribution in [0.2, 0.25) is 0 Å². The lowest BCUT2D eigenvalue weighted by Gasteiger charge is -2.46. The van der Waals surface area contributed by atoms with E-state index in [-0.39, 0.29) is 18.8 Å². The number of ether oxygens (including phenoxy) is 10. The van der Waals surface area contributed by atoms with Gasteiger partial charge in [-0.15, -0.1) is 6.58 Å². The van der Waals surface area contributed by atoms with Gasteiger partial charge >= 0.3 is 29.8 Å². The van der Waals surface area contributed by atoms with Crippen LogP contribution in [0.1, 0.15) is 27.7 Å². The van der Waals surface area contributed by atoms with Gasteiger partial charge in [0.15, 0.2) is 24.6 Å². The molecule has 228 valence electrons. The van der Waals surface area contributed by atoms with Gasteiger partial charge in [0.1, 0.15) is 12.7 Å². The average Bonchev–Trinajstić information content (AvgIpc) is 3.44. The van der Waals surface area contributed by atoms with Crippen molar-refractivity contribution in [2.75, 3.05) is 26.9 Å². The van der Waals surface area contributed by atoms with Crippen LogP contribution in [-0.2, 0) is 71.3 Å².